The molecule has 1 aliphatic rings. The van der Waals surface area contributed by atoms with Gasteiger partial charge in [-0.3, -0.25) is 9.59 Å². The Bertz CT molecular complexity index is 488. The summed E-state index contributed by atoms with van der Waals surface area (Å²) in [4.78, 5) is 40.4. The minimum atomic E-state index is -0.720. The van der Waals surface area contributed by atoms with E-state index in [2.05, 4.69) is 0 Å². The minimum Gasteiger partial charge on any atom is -0.467 e. The fourth-order valence-electron chi connectivity index (χ4n) is 2.77. The molecule has 0 aromatic heterocycles. The van der Waals surface area contributed by atoms with E-state index in [0.29, 0.717) is 25.9 Å². The number of hydrogen-bond donors (Lipinski definition) is 0. The van der Waals surface area contributed by atoms with Crippen LogP contribution in [0.1, 0.15) is 54.4 Å². The van der Waals surface area contributed by atoms with Crippen molar-refractivity contribution in [2.45, 2.75) is 60.4 Å². The van der Waals surface area contributed by atoms with Gasteiger partial charge in [0.1, 0.15) is 6.04 Å². The lowest BCUT2D eigenvalue weighted by Crippen LogP contribution is -2.60. The predicted octanol–water partition coefficient (Wildman–Crippen LogP) is 2.07. The van der Waals surface area contributed by atoms with Crippen LogP contribution < -0.4 is 0 Å². The standard InChI is InChI=1S/C18H32N2O4/c1-17(2,3)10-14(21)19-8-9-20(13(12-19)16(23)24-7)15(22)11-18(4,5)6/h13H,8-12H2,1-7H3. The molecule has 24 heavy (non-hydrogen) atoms. The minimum absolute atomic E-state index is 0.0133. The molecule has 1 atom stereocenters. The van der Waals surface area contributed by atoms with Gasteiger partial charge in [0.05, 0.1) is 13.7 Å². The molecule has 0 aliphatic carbocycles. The van der Waals surface area contributed by atoms with E-state index in [0.717, 1.165) is 0 Å². The Hall–Kier alpha value is -1.59. The first-order valence-electron chi connectivity index (χ1n) is 8.49. The molecule has 0 spiro atoms. The molecule has 0 aromatic rings. The quantitative estimate of drug-likeness (QED) is 0.738. The summed E-state index contributed by atoms with van der Waals surface area (Å²) in [5, 5.41) is 0. The summed E-state index contributed by atoms with van der Waals surface area (Å²) in [5.41, 5.74) is -0.270. The molecule has 1 aliphatic heterocycles. The number of methoxy groups -OCH3 is 1. The summed E-state index contributed by atoms with van der Waals surface area (Å²) in [6.07, 6.45) is 0.771. The fraction of sp³-hybridized carbons (Fsp3) is 0.833. The third-order valence-corrected chi connectivity index (χ3v) is 3.89. The van der Waals surface area contributed by atoms with E-state index in [-0.39, 0.29) is 29.2 Å². The number of amides is 2. The van der Waals surface area contributed by atoms with Crippen LogP contribution in [0.4, 0.5) is 0 Å². The molecule has 1 unspecified atom stereocenters. The molecule has 0 N–H and O–H groups in total. The van der Waals surface area contributed by atoms with Crippen molar-refractivity contribution in [3.8, 4) is 0 Å². The number of carbonyl (C=O) groups excluding carboxylic acids is 3. The van der Waals surface area contributed by atoms with E-state index in [1.807, 2.05) is 41.5 Å². The monoisotopic (exact) mass is 340 g/mol. The molecular formula is C18H32N2O4. The number of hydrogen-bond acceptors (Lipinski definition) is 4. The van der Waals surface area contributed by atoms with Crippen molar-refractivity contribution >= 4 is 17.8 Å². The third-order valence-electron chi connectivity index (χ3n) is 3.89. The normalized spacial score (nSPS) is 19.2. The van der Waals surface area contributed by atoms with Crippen LogP contribution in [-0.2, 0) is 19.1 Å². The number of esters is 1. The second kappa shape index (κ2) is 7.53. The molecule has 0 radical (unpaired) electrons. The van der Waals surface area contributed by atoms with Crippen molar-refractivity contribution in [2.24, 2.45) is 10.8 Å². The van der Waals surface area contributed by atoms with Crippen LogP contribution in [0.2, 0.25) is 0 Å². The van der Waals surface area contributed by atoms with Crippen LogP contribution in [0.3, 0.4) is 0 Å². The molecule has 1 rings (SSSR count). The van der Waals surface area contributed by atoms with Gasteiger partial charge in [0.2, 0.25) is 11.8 Å². The smallest absolute Gasteiger partial charge is 0.330 e. The van der Waals surface area contributed by atoms with Crippen molar-refractivity contribution in [2.75, 3.05) is 26.7 Å². The van der Waals surface area contributed by atoms with Gasteiger partial charge in [0.25, 0.3) is 0 Å². The highest BCUT2D eigenvalue weighted by Gasteiger charge is 2.38. The molecule has 6 heteroatoms. The molecule has 0 aromatic carbocycles. The van der Waals surface area contributed by atoms with Gasteiger partial charge >= 0.3 is 5.97 Å². The van der Waals surface area contributed by atoms with Crippen LogP contribution in [0.5, 0.6) is 0 Å². The van der Waals surface area contributed by atoms with Gasteiger partial charge in [-0.05, 0) is 10.8 Å². The van der Waals surface area contributed by atoms with E-state index in [1.165, 1.54) is 7.11 Å². The van der Waals surface area contributed by atoms with Crippen molar-refractivity contribution in [3.05, 3.63) is 0 Å². The van der Waals surface area contributed by atoms with Gasteiger partial charge in [0, 0.05) is 25.9 Å². The van der Waals surface area contributed by atoms with Gasteiger partial charge < -0.3 is 14.5 Å². The second-order valence-corrected chi connectivity index (χ2v) is 8.94. The molecule has 6 nitrogen and oxygen atoms in total. The first-order valence-corrected chi connectivity index (χ1v) is 8.49. The van der Waals surface area contributed by atoms with Gasteiger partial charge in [-0.15, -0.1) is 0 Å². The largest absolute Gasteiger partial charge is 0.467 e. The van der Waals surface area contributed by atoms with E-state index < -0.39 is 12.0 Å². The molecule has 0 saturated carbocycles. The summed E-state index contributed by atoms with van der Waals surface area (Å²) in [6, 6.07) is -0.720. The molecular weight excluding hydrogens is 308 g/mol. The first-order chi connectivity index (χ1) is 10.8. The van der Waals surface area contributed by atoms with Gasteiger partial charge in [0.15, 0.2) is 0 Å². The Morgan fingerprint density at radius 3 is 1.88 bits per heavy atom. The van der Waals surface area contributed by atoms with Crippen LogP contribution in [0.25, 0.3) is 0 Å². The molecule has 138 valence electrons. The number of rotatable bonds is 3. The van der Waals surface area contributed by atoms with E-state index in [9.17, 15) is 14.4 Å². The maximum atomic E-state index is 12.6. The summed E-state index contributed by atoms with van der Waals surface area (Å²) in [5.74, 6) is -0.523. The maximum absolute atomic E-state index is 12.6. The lowest BCUT2D eigenvalue weighted by Gasteiger charge is -2.41. The molecule has 2 amide bonds. The summed E-state index contributed by atoms with van der Waals surface area (Å²) in [6.45, 7) is 13.0. The number of piperazine rings is 1. The SMILES string of the molecule is COC(=O)C1CN(C(=O)CC(C)(C)C)CCN1C(=O)CC(C)(C)C. The zero-order chi connectivity index (χ0) is 18.7. The van der Waals surface area contributed by atoms with E-state index in [4.69, 9.17) is 4.74 Å². The van der Waals surface area contributed by atoms with Crippen LogP contribution in [-0.4, -0.2) is 60.4 Å². The Morgan fingerprint density at radius 2 is 1.42 bits per heavy atom. The van der Waals surface area contributed by atoms with E-state index in [1.54, 1.807) is 9.80 Å². The van der Waals surface area contributed by atoms with Gasteiger partial charge in [-0.1, -0.05) is 41.5 Å². The number of carbonyl (C=O) groups is 3. The Labute approximate surface area is 145 Å². The van der Waals surface area contributed by atoms with Crippen LogP contribution in [0.15, 0.2) is 0 Å². The zero-order valence-electron chi connectivity index (χ0n) is 16.1. The molecule has 1 heterocycles. The molecule has 1 saturated heterocycles. The van der Waals surface area contributed by atoms with Crippen molar-refractivity contribution in [3.63, 3.8) is 0 Å². The summed E-state index contributed by atoms with van der Waals surface area (Å²) < 4.78 is 4.86. The average molecular weight is 340 g/mol. The van der Waals surface area contributed by atoms with E-state index >= 15 is 0 Å². The van der Waals surface area contributed by atoms with Gasteiger partial charge in [-0.2, -0.15) is 0 Å². The fourth-order valence-corrected chi connectivity index (χ4v) is 2.77. The van der Waals surface area contributed by atoms with Gasteiger partial charge in [-0.25, -0.2) is 4.79 Å². The van der Waals surface area contributed by atoms with Crippen molar-refractivity contribution < 1.29 is 19.1 Å². The highest BCUT2D eigenvalue weighted by molar-refractivity contribution is 5.86. The first kappa shape index (κ1) is 20.5. The Morgan fingerprint density at radius 1 is 0.917 bits per heavy atom. The van der Waals surface area contributed by atoms with Crippen LogP contribution in [0, 0.1) is 10.8 Å². The lowest BCUT2D eigenvalue weighted by molar-refractivity contribution is -0.159. The number of ether oxygens (including phenoxy) is 1. The summed E-state index contributed by atoms with van der Waals surface area (Å²) in [7, 11) is 1.31. The molecule has 0 bridgehead atoms. The number of nitrogens with zero attached hydrogens (tertiary/aromatic N) is 2. The second-order valence-electron chi connectivity index (χ2n) is 8.94. The highest BCUT2D eigenvalue weighted by Crippen LogP contribution is 2.24. The predicted molar refractivity (Wildman–Crippen MR) is 92.2 cm³/mol. The highest BCUT2D eigenvalue weighted by atomic mass is 16.5. The Kier molecular flexibility index (Phi) is 6.42. The molecule has 1 fully saturated rings. The lowest BCUT2D eigenvalue weighted by atomic mass is 9.90. The van der Waals surface area contributed by atoms with Crippen LogP contribution >= 0.6 is 0 Å². The zero-order valence-corrected chi connectivity index (χ0v) is 16.1. The summed E-state index contributed by atoms with van der Waals surface area (Å²) >= 11 is 0. The third kappa shape index (κ3) is 6.13. The average Bonchev–Trinajstić information content (AvgIpc) is 2.42. The van der Waals surface area contributed by atoms with Crippen molar-refractivity contribution in [1.29, 1.82) is 0 Å². The Balaban J connectivity index is 2.87. The topological polar surface area (TPSA) is 66.9 Å². The van der Waals surface area contributed by atoms with Crippen molar-refractivity contribution in [1.82, 2.24) is 9.80 Å². The maximum Gasteiger partial charge on any atom is 0.330 e.